The summed E-state index contributed by atoms with van der Waals surface area (Å²) in [7, 11) is 0. The predicted molar refractivity (Wildman–Crippen MR) is 63.8 cm³/mol. The second-order valence-corrected chi connectivity index (χ2v) is 4.45. The minimum Gasteiger partial charge on any atom is -0.370 e. The van der Waals surface area contributed by atoms with Gasteiger partial charge >= 0.3 is 0 Å². The maximum atomic E-state index is 12.1. The van der Waals surface area contributed by atoms with Gasteiger partial charge in [0.25, 0.3) is 0 Å². The lowest BCUT2D eigenvalue weighted by atomic mass is 9.92. The van der Waals surface area contributed by atoms with E-state index in [1.807, 2.05) is 6.07 Å². The van der Waals surface area contributed by atoms with E-state index in [0.29, 0.717) is 23.6 Å². The van der Waals surface area contributed by atoms with Crippen molar-refractivity contribution in [3.05, 3.63) is 34.9 Å². The zero-order chi connectivity index (χ0) is 12.3. The number of hydrogen-bond donors (Lipinski definition) is 0. The molecule has 2 unspecified atom stereocenters. The SMILES string of the molecule is N#CC(C(=O)C1CCCO1)c1ccc(Cl)cc1. The standard InChI is InChI=1S/C13H12ClNO2/c14-10-5-3-9(4-6-10)11(8-15)13(16)12-2-1-7-17-12/h3-6,11-12H,1-2,7H2. The van der Waals surface area contributed by atoms with Crippen LogP contribution in [0.1, 0.15) is 24.3 Å². The van der Waals surface area contributed by atoms with E-state index in [4.69, 9.17) is 21.6 Å². The first kappa shape index (κ1) is 12.1. The van der Waals surface area contributed by atoms with Gasteiger partial charge in [0.1, 0.15) is 12.0 Å². The highest BCUT2D eigenvalue weighted by Gasteiger charge is 2.31. The molecule has 2 rings (SSSR count). The van der Waals surface area contributed by atoms with Crippen molar-refractivity contribution in [2.45, 2.75) is 24.9 Å². The fraction of sp³-hybridized carbons (Fsp3) is 0.385. The van der Waals surface area contributed by atoms with Crippen LogP contribution < -0.4 is 0 Å². The molecule has 0 aliphatic carbocycles. The molecule has 0 saturated carbocycles. The largest absolute Gasteiger partial charge is 0.370 e. The Balaban J connectivity index is 2.18. The first-order chi connectivity index (χ1) is 8.22. The van der Waals surface area contributed by atoms with E-state index in [-0.39, 0.29) is 5.78 Å². The van der Waals surface area contributed by atoms with Crippen molar-refractivity contribution in [2.75, 3.05) is 6.61 Å². The number of nitrogens with zero attached hydrogens (tertiary/aromatic N) is 1. The minimum atomic E-state index is -0.754. The van der Waals surface area contributed by atoms with E-state index < -0.39 is 12.0 Å². The fourth-order valence-electron chi connectivity index (χ4n) is 1.95. The quantitative estimate of drug-likeness (QED) is 0.828. The average Bonchev–Trinajstić information content (AvgIpc) is 2.86. The minimum absolute atomic E-state index is 0.146. The van der Waals surface area contributed by atoms with Gasteiger partial charge in [-0.1, -0.05) is 23.7 Å². The lowest BCUT2D eigenvalue weighted by Gasteiger charge is -2.13. The number of carbonyl (C=O) groups excluding carboxylic acids is 1. The molecule has 17 heavy (non-hydrogen) atoms. The predicted octanol–water partition coefficient (Wildman–Crippen LogP) is 2.70. The summed E-state index contributed by atoms with van der Waals surface area (Å²) in [4.78, 5) is 12.1. The number of halogens is 1. The van der Waals surface area contributed by atoms with Crippen LogP contribution in [0.25, 0.3) is 0 Å². The number of ketones is 1. The van der Waals surface area contributed by atoms with Crippen molar-refractivity contribution in [2.24, 2.45) is 0 Å². The molecular formula is C13H12ClNO2. The summed E-state index contributed by atoms with van der Waals surface area (Å²) in [6.45, 7) is 0.606. The van der Waals surface area contributed by atoms with E-state index in [1.54, 1.807) is 24.3 Å². The van der Waals surface area contributed by atoms with Gasteiger partial charge in [0.15, 0.2) is 5.78 Å². The molecule has 0 aromatic heterocycles. The Hall–Kier alpha value is -1.37. The van der Waals surface area contributed by atoms with Gasteiger partial charge in [-0.2, -0.15) is 5.26 Å². The number of nitriles is 1. The van der Waals surface area contributed by atoms with Crippen molar-refractivity contribution in [1.82, 2.24) is 0 Å². The van der Waals surface area contributed by atoms with Gasteiger partial charge in [-0.3, -0.25) is 4.79 Å². The van der Waals surface area contributed by atoms with Gasteiger partial charge < -0.3 is 4.74 Å². The number of Topliss-reactive ketones (excluding diaryl/α,β-unsaturated/α-hetero) is 1. The maximum Gasteiger partial charge on any atom is 0.183 e. The Morgan fingerprint density at radius 2 is 2.18 bits per heavy atom. The number of ether oxygens (including phenoxy) is 1. The van der Waals surface area contributed by atoms with Gasteiger partial charge in [-0.15, -0.1) is 0 Å². The summed E-state index contributed by atoms with van der Waals surface area (Å²) >= 11 is 5.77. The first-order valence-corrected chi connectivity index (χ1v) is 5.90. The van der Waals surface area contributed by atoms with Gasteiger partial charge in [0, 0.05) is 11.6 Å². The molecule has 1 aromatic rings. The Morgan fingerprint density at radius 1 is 1.47 bits per heavy atom. The first-order valence-electron chi connectivity index (χ1n) is 5.53. The third kappa shape index (κ3) is 2.66. The van der Waals surface area contributed by atoms with E-state index in [2.05, 4.69) is 0 Å². The van der Waals surface area contributed by atoms with E-state index >= 15 is 0 Å². The molecule has 2 atom stereocenters. The second kappa shape index (κ2) is 5.31. The monoisotopic (exact) mass is 249 g/mol. The summed E-state index contributed by atoms with van der Waals surface area (Å²) in [6, 6.07) is 8.83. The molecule has 0 radical (unpaired) electrons. The highest BCUT2D eigenvalue weighted by Crippen LogP contribution is 2.24. The number of rotatable bonds is 3. The Labute approximate surface area is 105 Å². The van der Waals surface area contributed by atoms with E-state index in [0.717, 1.165) is 6.42 Å². The lowest BCUT2D eigenvalue weighted by Crippen LogP contribution is -2.25. The summed E-state index contributed by atoms with van der Waals surface area (Å²) in [5, 5.41) is 9.71. The average molecular weight is 250 g/mol. The highest BCUT2D eigenvalue weighted by molar-refractivity contribution is 6.30. The van der Waals surface area contributed by atoms with Crippen LogP contribution in [0.15, 0.2) is 24.3 Å². The third-order valence-electron chi connectivity index (χ3n) is 2.86. The molecule has 1 aliphatic heterocycles. The van der Waals surface area contributed by atoms with Crippen LogP contribution in [0.2, 0.25) is 5.02 Å². The zero-order valence-electron chi connectivity index (χ0n) is 9.23. The normalized spacial score (nSPS) is 20.8. The van der Waals surface area contributed by atoms with Gasteiger partial charge in [0.05, 0.1) is 6.07 Å². The number of hydrogen-bond acceptors (Lipinski definition) is 3. The van der Waals surface area contributed by atoms with Crippen molar-refractivity contribution >= 4 is 17.4 Å². The van der Waals surface area contributed by atoms with E-state index in [9.17, 15) is 4.79 Å². The Bertz CT molecular complexity index is 443. The molecule has 0 spiro atoms. The topological polar surface area (TPSA) is 50.1 Å². The molecule has 0 amide bonds. The molecule has 4 heteroatoms. The fourth-order valence-corrected chi connectivity index (χ4v) is 2.07. The van der Waals surface area contributed by atoms with Crippen molar-refractivity contribution in [3.63, 3.8) is 0 Å². The molecule has 1 aliphatic rings. The van der Waals surface area contributed by atoms with Crippen LogP contribution in [-0.4, -0.2) is 18.5 Å². The Kier molecular flexibility index (Phi) is 3.78. The Morgan fingerprint density at radius 3 is 2.71 bits per heavy atom. The summed E-state index contributed by atoms with van der Waals surface area (Å²) in [5.74, 6) is -0.900. The summed E-state index contributed by atoms with van der Waals surface area (Å²) in [5.41, 5.74) is 0.678. The maximum absolute atomic E-state index is 12.1. The molecule has 0 N–H and O–H groups in total. The number of carbonyl (C=O) groups is 1. The van der Waals surface area contributed by atoms with Crippen LogP contribution in [-0.2, 0) is 9.53 Å². The molecular weight excluding hydrogens is 238 g/mol. The smallest absolute Gasteiger partial charge is 0.183 e. The lowest BCUT2D eigenvalue weighted by molar-refractivity contribution is -0.128. The molecule has 3 nitrogen and oxygen atoms in total. The molecule has 0 bridgehead atoms. The van der Waals surface area contributed by atoms with Gasteiger partial charge in [-0.05, 0) is 30.5 Å². The number of benzene rings is 1. The molecule has 1 fully saturated rings. The van der Waals surface area contributed by atoms with Crippen LogP contribution in [0.4, 0.5) is 0 Å². The molecule has 1 saturated heterocycles. The van der Waals surface area contributed by atoms with Crippen molar-refractivity contribution < 1.29 is 9.53 Å². The van der Waals surface area contributed by atoms with Crippen LogP contribution in [0.5, 0.6) is 0 Å². The van der Waals surface area contributed by atoms with E-state index in [1.165, 1.54) is 0 Å². The molecule has 1 heterocycles. The highest BCUT2D eigenvalue weighted by atomic mass is 35.5. The molecule has 88 valence electrons. The van der Waals surface area contributed by atoms with Crippen molar-refractivity contribution in [3.8, 4) is 6.07 Å². The summed E-state index contributed by atoms with van der Waals surface area (Å²) < 4.78 is 5.32. The van der Waals surface area contributed by atoms with Crippen LogP contribution in [0.3, 0.4) is 0 Å². The van der Waals surface area contributed by atoms with Crippen LogP contribution in [0, 0.1) is 11.3 Å². The zero-order valence-corrected chi connectivity index (χ0v) is 9.98. The van der Waals surface area contributed by atoms with Crippen LogP contribution >= 0.6 is 11.6 Å². The molecule has 1 aromatic carbocycles. The van der Waals surface area contributed by atoms with Gasteiger partial charge in [0.2, 0.25) is 0 Å². The summed E-state index contributed by atoms with van der Waals surface area (Å²) in [6.07, 6.45) is 1.18. The van der Waals surface area contributed by atoms with Gasteiger partial charge in [-0.25, -0.2) is 0 Å². The third-order valence-corrected chi connectivity index (χ3v) is 3.12. The second-order valence-electron chi connectivity index (χ2n) is 4.02. The van der Waals surface area contributed by atoms with Crippen molar-refractivity contribution in [1.29, 1.82) is 5.26 Å².